The summed E-state index contributed by atoms with van der Waals surface area (Å²) in [6.07, 6.45) is -0.750. The summed E-state index contributed by atoms with van der Waals surface area (Å²) in [7, 11) is 1.27. The molecule has 0 spiro atoms. The van der Waals surface area contributed by atoms with E-state index in [9.17, 15) is 24.6 Å². The van der Waals surface area contributed by atoms with Crippen molar-refractivity contribution >= 4 is 23.5 Å². The summed E-state index contributed by atoms with van der Waals surface area (Å²) >= 11 is 0. The van der Waals surface area contributed by atoms with Crippen LogP contribution < -0.4 is 75.1 Å². The van der Waals surface area contributed by atoms with E-state index in [-0.39, 0.29) is 71.1 Å². The Morgan fingerprint density at radius 2 is 1.64 bits per heavy atom. The van der Waals surface area contributed by atoms with Crippen molar-refractivity contribution in [1.29, 1.82) is 0 Å². The Kier molecular flexibility index (Phi) is 11.9. The largest absolute Gasteiger partial charge is 1.00 e. The van der Waals surface area contributed by atoms with Gasteiger partial charge in [0.15, 0.2) is 0 Å². The van der Waals surface area contributed by atoms with E-state index in [1.54, 1.807) is 0 Å². The average Bonchev–Trinajstić information content (AvgIpc) is 2.38. The molecule has 0 saturated carbocycles. The molecule has 1 unspecified atom stereocenters. The van der Waals surface area contributed by atoms with Crippen molar-refractivity contribution in [3.05, 3.63) is 29.8 Å². The van der Waals surface area contributed by atoms with Crippen molar-refractivity contribution in [2.75, 3.05) is 12.8 Å². The number of amides is 1. The third kappa shape index (κ3) is 7.13. The van der Waals surface area contributed by atoms with E-state index >= 15 is 0 Å². The number of hydrogen-bond acceptors (Lipinski definition) is 6. The smallest absolute Gasteiger partial charge is 0.550 e. The van der Waals surface area contributed by atoms with Crippen molar-refractivity contribution in [1.82, 2.24) is 4.90 Å². The van der Waals surface area contributed by atoms with Gasteiger partial charge in [0.1, 0.15) is 0 Å². The summed E-state index contributed by atoms with van der Waals surface area (Å²) < 4.78 is 0. The second-order valence-corrected chi connectivity index (χ2v) is 4.28. The third-order valence-electron chi connectivity index (χ3n) is 2.84. The molecule has 0 aliphatic heterocycles. The number of nitrogens with two attached hydrogens (primary N) is 1. The van der Waals surface area contributed by atoms with Gasteiger partial charge in [0.25, 0.3) is 5.91 Å². The first kappa shape index (κ1) is 23.7. The van der Waals surface area contributed by atoms with Crippen molar-refractivity contribution in [2.24, 2.45) is 0 Å². The molecular weight excluding hydrogens is 310 g/mol. The van der Waals surface area contributed by atoms with Gasteiger partial charge in [-0.1, -0.05) is 0 Å². The molecule has 0 aromatic heterocycles. The fourth-order valence-electron chi connectivity index (χ4n) is 1.70. The number of aliphatic carboxylic acids is 2. The molecule has 2 N–H and O–H groups in total. The van der Waals surface area contributed by atoms with Crippen molar-refractivity contribution in [2.45, 2.75) is 18.9 Å². The molecule has 0 bridgehead atoms. The van der Waals surface area contributed by atoms with Crippen molar-refractivity contribution < 1.29 is 83.7 Å². The van der Waals surface area contributed by atoms with Crippen LogP contribution in [0, 0.1) is 0 Å². The number of anilines is 1. The van der Waals surface area contributed by atoms with Crippen LogP contribution in [-0.2, 0) is 9.59 Å². The van der Waals surface area contributed by atoms with Crippen LogP contribution in [0.5, 0.6) is 0 Å². The molecule has 0 fully saturated rings. The van der Waals surface area contributed by atoms with E-state index in [1.165, 1.54) is 31.3 Å². The van der Waals surface area contributed by atoms with E-state index in [0.717, 1.165) is 4.90 Å². The van der Waals surface area contributed by atoms with Gasteiger partial charge in [-0.3, -0.25) is 4.79 Å². The Morgan fingerprint density at radius 3 is 2.05 bits per heavy atom. The number of hydrogen-bond donors (Lipinski definition) is 1. The Morgan fingerprint density at radius 1 is 1.14 bits per heavy atom. The third-order valence-corrected chi connectivity index (χ3v) is 2.84. The SMILES string of the molecule is CN(C(=O)c1ccc(N)cc1)C(CCC(=O)[O-])C(=O)[O-].[Na+].[Na+]. The molecule has 22 heavy (non-hydrogen) atoms. The number of carboxylic acids is 2. The summed E-state index contributed by atoms with van der Waals surface area (Å²) in [5.41, 5.74) is 6.21. The molecule has 1 rings (SSSR count). The van der Waals surface area contributed by atoms with E-state index in [1.807, 2.05) is 0 Å². The van der Waals surface area contributed by atoms with Gasteiger partial charge in [-0.15, -0.1) is 0 Å². The zero-order valence-electron chi connectivity index (χ0n) is 12.9. The Labute approximate surface area is 172 Å². The van der Waals surface area contributed by atoms with Crippen molar-refractivity contribution in [3.63, 3.8) is 0 Å². The van der Waals surface area contributed by atoms with Gasteiger partial charge in [-0.2, -0.15) is 0 Å². The molecule has 9 heteroatoms. The van der Waals surface area contributed by atoms with Gasteiger partial charge < -0.3 is 30.4 Å². The van der Waals surface area contributed by atoms with Crippen LogP contribution in [0.15, 0.2) is 24.3 Å². The van der Waals surface area contributed by atoms with Gasteiger partial charge in [-0.25, -0.2) is 0 Å². The number of nitrogens with zero attached hydrogens (tertiary/aromatic N) is 1. The predicted molar refractivity (Wildman–Crippen MR) is 66.0 cm³/mol. The molecule has 108 valence electrons. The Balaban J connectivity index is 0. The molecule has 1 aromatic carbocycles. The maximum atomic E-state index is 12.1. The van der Waals surface area contributed by atoms with Crippen LogP contribution >= 0.6 is 0 Å². The van der Waals surface area contributed by atoms with Crippen LogP contribution in [0.3, 0.4) is 0 Å². The zero-order chi connectivity index (χ0) is 15.3. The van der Waals surface area contributed by atoms with E-state index in [4.69, 9.17) is 5.73 Å². The molecular formula is C13H14N2Na2O5. The first-order valence-corrected chi connectivity index (χ1v) is 5.86. The minimum Gasteiger partial charge on any atom is -0.550 e. The van der Waals surface area contributed by atoms with E-state index in [2.05, 4.69) is 0 Å². The van der Waals surface area contributed by atoms with Gasteiger partial charge in [-0.05, 0) is 37.1 Å². The zero-order valence-corrected chi connectivity index (χ0v) is 16.9. The number of rotatable bonds is 6. The molecule has 0 aliphatic carbocycles. The molecule has 0 saturated heterocycles. The number of nitrogen functional groups attached to an aromatic ring is 1. The number of carboxylic acid groups (broad SMARTS) is 2. The van der Waals surface area contributed by atoms with E-state index < -0.39 is 30.3 Å². The molecule has 1 aromatic rings. The van der Waals surface area contributed by atoms with Gasteiger partial charge in [0.2, 0.25) is 0 Å². The minimum absolute atomic E-state index is 0. The molecule has 0 aliphatic rings. The standard InChI is InChI=1S/C13H16N2O5.2Na/c1-15(10(13(19)20)6-7-11(16)17)12(18)8-2-4-9(14)5-3-8;;/h2-5,10H,6-7,14H2,1H3,(H,16,17)(H,19,20);;/q;2*+1/p-2. The predicted octanol–water partition coefficient (Wildman–Crippen LogP) is -8.00. The van der Waals surface area contributed by atoms with E-state index in [0.29, 0.717) is 5.69 Å². The molecule has 1 atom stereocenters. The van der Waals surface area contributed by atoms with Crippen LogP contribution in [0.1, 0.15) is 23.2 Å². The average molecular weight is 324 g/mol. The van der Waals surface area contributed by atoms with Crippen LogP contribution in [-0.4, -0.2) is 35.8 Å². The van der Waals surface area contributed by atoms with Crippen LogP contribution in [0.25, 0.3) is 0 Å². The van der Waals surface area contributed by atoms with Gasteiger partial charge >= 0.3 is 59.1 Å². The number of benzene rings is 1. The monoisotopic (exact) mass is 324 g/mol. The second kappa shape index (κ2) is 11.0. The van der Waals surface area contributed by atoms with Crippen LogP contribution in [0.4, 0.5) is 5.69 Å². The maximum Gasteiger partial charge on any atom is 1.00 e. The number of likely N-dealkylation sites (N-methyl/N-ethyl adjacent to an activating group) is 1. The number of carbonyl (C=O) groups is 3. The quantitative estimate of drug-likeness (QED) is 0.409. The van der Waals surface area contributed by atoms with Crippen LogP contribution in [0.2, 0.25) is 0 Å². The second-order valence-electron chi connectivity index (χ2n) is 4.28. The Hall–Kier alpha value is -0.570. The number of carbonyl (C=O) groups excluding carboxylic acids is 3. The molecule has 1 amide bonds. The first-order chi connectivity index (χ1) is 9.32. The normalized spacial score (nSPS) is 10.6. The summed E-state index contributed by atoms with van der Waals surface area (Å²) in [6.45, 7) is 0. The summed E-state index contributed by atoms with van der Waals surface area (Å²) in [5.74, 6) is -3.46. The first-order valence-electron chi connectivity index (χ1n) is 5.86. The van der Waals surface area contributed by atoms with Gasteiger partial charge in [0.05, 0.1) is 12.0 Å². The van der Waals surface area contributed by atoms with Crippen molar-refractivity contribution in [3.8, 4) is 0 Å². The Bertz CT molecular complexity index is 522. The fraction of sp³-hybridized carbons (Fsp3) is 0.308. The molecule has 7 nitrogen and oxygen atoms in total. The molecule has 0 heterocycles. The fourth-order valence-corrected chi connectivity index (χ4v) is 1.70. The maximum absolute atomic E-state index is 12.1. The summed E-state index contributed by atoms with van der Waals surface area (Å²) in [4.78, 5) is 34.4. The summed E-state index contributed by atoms with van der Waals surface area (Å²) in [5, 5.41) is 21.4. The minimum atomic E-state index is -1.52. The molecule has 0 radical (unpaired) electrons. The van der Waals surface area contributed by atoms with Gasteiger partial charge in [0, 0.05) is 24.3 Å². The topological polar surface area (TPSA) is 127 Å². The summed E-state index contributed by atoms with van der Waals surface area (Å²) in [6, 6.07) is 4.60.